The van der Waals surface area contributed by atoms with Crippen LogP contribution in [0.1, 0.15) is 30.3 Å². The van der Waals surface area contributed by atoms with Crippen molar-refractivity contribution in [3.63, 3.8) is 0 Å². The van der Waals surface area contributed by atoms with Crippen molar-refractivity contribution in [1.82, 2.24) is 9.97 Å². The van der Waals surface area contributed by atoms with Crippen molar-refractivity contribution in [2.24, 2.45) is 0 Å². The van der Waals surface area contributed by atoms with E-state index in [-0.39, 0.29) is 0 Å². The Kier molecular flexibility index (Phi) is 2.88. The SMILES string of the molecule is Cc1nc(C2CCOCC2)[nH]c1I. The van der Waals surface area contributed by atoms with Crippen LogP contribution in [0.2, 0.25) is 0 Å². The number of H-pyrrole nitrogens is 1. The molecule has 0 atom stereocenters. The molecule has 1 aliphatic rings. The number of rotatable bonds is 1. The van der Waals surface area contributed by atoms with Crippen LogP contribution in [0.15, 0.2) is 0 Å². The number of imidazole rings is 1. The van der Waals surface area contributed by atoms with Gasteiger partial charge >= 0.3 is 0 Å². The van der Waals surface area contributed by atoms with Crippen molar-refractivity contribution in [2.75, 3.05) is 13.2 Å². The minimum absolute atomic E-state index is 0.580. The van der Waals surface area contributed by atoms with E-state index in [0.717, 1.165) is 37.6 Å². The van der Waals surface area contributed by atoms with Crippen molar-refractivity contribution in [1.29, 1.82) is 0 Å². The van der Waals surface area contributed by atoms with Crippen molar-refractivity contribution < 1.29 is 4.74 Å². The van der Waals surface area contributed by atoms with Gasteiger partial charge < -0.3 is 9.72 Å². The van der Waals surface area contributed by atoms with Crippen LogP contribution >= 0.6 is 22.6 Å². The van der Waals surface area contributed by atoms with E-state index in [1.807, 2.05) is 6.92 Å². The van der Waals surface area contributed by atoms with E-state index in [2.05, 4.69) is 32.6 Å². The Balaban J connectivity index is 2.14. The molecule has 0 amide bonds. The zero-order valence-corrected chi connectivity index (χ0v) is 9.80. The molecule has 4 heteroatoms. The Morgan fingerprint density at radius 3 is 2.69 bits per heavy atom. The topological polar surface area (TPSA) is 37.9 Å². The van der Waals surface area contributed by atoms with Gasteiger partial charge in [-0.2, -0.15) is 0 Å². The van der Waals surface area contributed by atoms with Gasteiger partial charge in [-0.15, -0.1) is 0 Å². The quantitative estimate of drug-likeness (QED) is 0.806. The highest BCUT2D eigenvalue weighted by atomic mass is 127. The lowest BCUT2D eigenvalue weighted by molar-refractivity contribution is 0.0837. The highest BCUT2D eigenvalue weighted by Crippen LogP contribution is 2.25. The molecule has 0 unspecified atom stereocenters. The standard InChI is InChI=1S/C9H13IN2O/c1-6-8(10)12-9(11-6)7-2-4-13-5-3-7/h7H,2-5H2,1H3,(H,11,12). The fourth-order valence-corrected chi connectivity index (χ4v) is 2.02. The van der Waals surface area contributed by atoms with Crippen molar-refractivity contribution in [3.8, 4) is 0 Å². The van der Waals surface area contributed by atoms with Gasteiger partial charge in [0.05, 0.1) is 5.69 Å². The average molecular weight is 292 g/mol. The summed E-state index contributed by atoms with van der Waals surface area (Å²) in [4.78, 5) is 7.85. The molecule has 72 valence electrons. The lowest BCUT2D eigenvalue weighted by Crippen LogP contribution is -2.15. The first-order chi connectivity index (χ1) is 6.27. The summed E-state index contributed by atoms with van der Waals surface area (Å²) in [7, 11) is 0. The van der Waals surface area contributed by atoms with Gasteiger partial charge in [-0.1, -0.05) is 0 Å². The highest BCUT2D eigenvalue weighted by Gasteiger charge is 2.19. The molecule has 1 aromatic heterocycles. The first kappa shape index (κ1) is 9.45. The van der Waals surface area contributed by atoms with Crippen LogP contribution in [0.5, 0.6) is 0 Å². The summed E-state index contributed by atoms with van der Waals surface area (Å²) in [5, 5.41) is 0. The number of hydrogen-bond donors (Lipinski definition) is 1. The van der Waals surface area contributed by atoms with Crippen LogP contribution in [0.4, 0.5) is 0 Å². The molecule has 0 aliphatic carbocycles. The van der Waals surface area contributed by atoms with E-state index < -0.39 is 0 Å². The summed E-state index contributed by atoms with van der Waals surface area (Å²) < 4.78 is 6.48. The number of aromatic amines is 1. The normalized spacial score (nSPS) is 19.2. The molecular weight excluding hydrogens is 279 g/mol. The van der Waals surface area contributed by atoms with E-state index >= 15 is 0 Å². The van der Waals surface area contributed by atoms with Crippen molar-refractivity contribution in [3.05, 3.63) is 15.2 Å². The maximum atomic E-state index is 5.31. The summed E-state index contributed by atoms with van der Waals surface area (Å²) in [6, 6.07) is 0. The van der Waals surface area contributed by atoms with Crippen LogP contribution in [-0.2, 0) is 4.74 Å². The molecule has 1 fully saturated rings. The summed E-state index contributed by atoms with van der Waals surface area (Å²) in [5.74, 6) is 1.72. The molecule has 13 heavy (non-hydrogen) atoms. The van der Waals surface area contributed by atoms with Crippen LogP contribution in [0.3, 0.4) is 0 Å². The molecule has 0 spiro atoms. The van der Waals surface area contributed by atoms with Gasteiger partial charge in [0.25, 0.3) is 0 Å². The maximum Gasteiger partial charge on any atom is 0.110 e. The predicted molar refractivity (Wildman–Crippen MR) is 58.8 cm³/mol. The molecule has 3 nitrogen and oxygen atoms in total. The first-order valence-electron chi connectivity index (χ1n) is 4.57. The molecular formula is C9H13IN2O. The lowest BCUT2D eigenvalue weighted by Gasteiger charge is -2.19. The van der Waals surface area contributed by atoms with Gasteiger partial charge in [0.1, 0.15) is 9.53 Å². The second-order valence-electron chi connectivity index (χ2n) is 3.41. The molecule has 0 bridgehead atoms. The Morgan fingerprint density at radius 2 is 2.15 bits per heavy atom. The molecule has 1 aliphatic heterocycles. The maximum absolute atomic E-state index is 5.31. The monoisotopic (exact) mass is 292 g/mol. The van der Waals surface area contributed by atoms with Gasteiger partial charge in [-0.3, -0.25) is 0 Å². The summed E-state index contributed by atoms with van der Waals surface area (Å²) in [6.07, 6.45) is 2.20. The average Bonchev–Trinajstić information content (AvgIpc) is 2.49. The van der Waals surface area contributed by atoms with E-state index in [9.17, 15) is 0 Å². The molecule has 0 aromatic carbocycles. The Hall–Kier alpha value is -0.100. The van der Waals surface area contributed by atoms with Crippen molar-refractivity contribution >= 4 is 22.6 Å². The van der Waals surface area contributed by atoms with E-state index in [0.29, 0.717) is 5.92 Å². The minimum atomic E-state index is 0.580. The van der Waals surface area contributed by atoms with Gasteiger partial charge in [-0.25, -0.2) is 4.98 Å². The molecule has 2 heterocycles. The van der Waals surface area contributed by atoms with E-state index in [4.69, 9.17) is 4.74 Å². The lowest BCUT2D eigenvalue weighted by atomic mass is 10.00. The largest absolute Gasteiger partial charge is 0.381 e. The number of halogens is 1. The van der Waals surface area contributed by atoms with Gasteiger partial charge in [0.2, 0.25) is 0 Å². The van der Waals surface area contributed by atoms with E-state index in [1.165, 1.54) is 3.70 Å². The zero-order valence-electron chi connectivity index (χ0n) is 7.64. The summed E-state index contributed by atoms with van der Waals surface area (Å²) in [6.45, 7) is 3.79. The fourth-order valence-electron chi connectivity index (χ4n) is 1.62. The number of nitrogens with zero attached hydrogens (tertiary/aromatic N) is 1. The summed E-state index contributed by atoms with van der Waals surface area (Å²) in [5.41, 5.74) is 1.11. The zero-order chi connectivity index (χ0) is 9.26. The first-order valence-corrected chi connectivity index (χ1v) is 5.65. The molecule has 1 N–H and O–H groups in total. The number of nitrogens with one attached hydrogen (secondary N) is 1. The van der Waals surface area contributed by atoms with Gasteiger partial charge in [0.15, 0.2) is 0 Å². The number of ether oxygens (including phenoxy) is 1. The second kappa shape index (κ2) is 3.96. The smallest absolute Gasteiger partial charge is 0.110 e. The summed E-state index contributed by atoms with van der Waals surface area (Å²) >= 11 is 2.29. The molecule has 1 saturated heterocycles. The molecule has 2 rings (SSSR count). The highest BCUT2D eigenvalue weighted by molar-refractivity contribution is 14.1. The molecule has 1 aromatic rings. The minimum Gasteiger partial charge on any atom is -0.381 e. The van der Waals surface area contributed by atoms with Crippen LogP contribution < -0.4 is 0 Å². The van der Waals surface area contributed by atoms with Crippen molar-refractivity contribution in [2.45, 2.75) is 25.7 Å². The third-order valence-corrected chi connectivity index (χ3v) is 3.50. The number of aromatic nitrogens is 2. The van der Waals surface area contributed by atoms with Crippen LogP contribution in [0.25, 0.3) is 0 Å². The van der Waals surface area contributed by atoms with E-state index in [1.54, 1.807) is 0 Å². The Labute approximate surface area is 91.4 Å². The number of hydrogen-bond acceptors (Lipinski definition) is 2. The second-order valence-corrected chi connectivity index (χ2v) is 4.49. The van der Waals surface area contributed by atoms with Crippen LogP contribution in [0, 0.1) is 10.6 Å². The van der Waals surface area contributed by atoms with Gasteiger partial charge in [0, 0.05) is 19.1 Å². The fraction of sp³-hybridized carbons (Fsp3) is 0.667. The third-order valence-electron chi connectivity index (χ3n) is 2.45. The third kappa shape index (κ3) is 2.04. The Bertz CT molecular complexity index is 272. The van der Waals surface area contributed by atoms with Crippen LogP contribution in [-0.4, -0.2) is 23.2 Å². The predicted octanol–water partition coefficient (Wildman–Crippen LogP) is 2.22. The number of aryl methyl sites for hydroxylation is 1. The molecule has 0 saturated carbocycles. The van der Waals surface area contributed by atoms with Gasteiger partial charge in [-0.05, 0) is 42.4 Å². The molecule has 0 radical (unpaired) electrons. The Morgan fingerprint density at radius 1 is 1.46 bits per heavy atom.